The Morgan fingerprint density at radius 3 is 2.60 bits per heavy atom. The van der Waals surface area contributed by atoms with E-state index in [4.69, 9.17) is 5.11 Å². The normalized spacial score (nSPS) is 10.2. The third-order valence-electron chi connectivity index (χ3n) is 2.63. The predicted molar refractivity (Wildman–Crippen MR) is 70.9 cm³/mol. The van der Waals surface area contributed by atoms with Crippen molar-refractivity contribution in [2.75, 3.05) is 32.1 Å². The molecule has 2 N–H and O–H groups in total. The lowest BCUT2D eigenvalue weighted by Crippen LogP contribution is -2.37. The van der Waals surface area contributed by atoms with Gasteiger partial charge in [0.05, 0.1) is 19.4 Å². The van der Waals surface area contributed by atoms with Crippen LogP contribution in [-0.2, 0) is 0 Å². The molecule has 1 aromatic carbocycles. The Morgan fingerprint density at radius 2 is 2.05 bits per heavy atom. The molecule has 20 heavy (non-hydrogen) atoms. The molecule has 112 valence electrons. The van der Waals surface area contributed by atoms with Crippen LogP contribution in [0.3, 0.4) is 0 Å². The second kappa shape index (κ2) is 7.64. The van der Waals surface area contributed by atoms with Crippen LogP contribution in [0.5, 0.6) is 5.75 Å². The largest absolute Gasteiger partial charge is 0.494 e. The number of aliphatic hydroxyl groups excluding tert-OH is 1. The molecular formula is C13H18F2N2O3. The zero-order chi connectivity index (χ0) is 15.1. The fourth-order valence-electron chi connectivity index (χ4n) is 1.68. The lowest BCUT2D eigenvalue weighted by atomic mass is 10.2. The highest BCUT2D eigenvalue weighted by molar-refractivity contribution is 5.89. The Balaban J connectivity index is 2.86. The molecule has 0 heterocycles. The van der Waals surface area contributed by atoms with E-state index in [9.17, 15) is 13.6 Å². The van der Waals surface area contributed by atoms with Gasteiger partial charge < -0.3 is 20.1 Å². The maximum atomic E-state index is 13.7. The van der Waals surface area contributed by atoms with Gasteiger partial charge in [0.15, 0.2) is 17.4 Å². The number of hydrogen-bond acceptors (Lipinski definition) is 3. The van der Waals surface area contributed by atoms with Gasteiger partial charge >= 0.3 is 6.03 Å². The van der Waals surface area contributed by atoms with Gasteiger partial charge in [0.25, 0.3) is 0 Å². The van der Waals surface area contributed by atoms with E-state index in [2.05, 4.69) is 10.1 Å². The Hall–Kier alpha value is -1.89. The Kier molecular flexibility index (Phi) is 6.17. The van der Waals surface area contributed by atoms with Crippen LogP contribution in [0.2, 0.25) is 0 Å². The van der Waals surface area contributed by atoms with Crippen molar-refractivity contribution in [2.45, 2.75) is 13.3 Å². The topological polar surface area (TPSA) is 61.8 Å². The first-order valence-electron chi connectivity index (χ1n) is 6.23. The number of carbonyl (C=O) groups is 1. The van der Waals surface area contributed by atoms with Crippen molar-refractivity contribution in [2.24, 2.45) is 0 Å². The van der Waals surface area contributed by atoms with Gasteiger partial charge in [-0.05, 0) is 6.42 Å². The molecule has 0 unspecified atom stereocenters. The minimum absolute atomic E-state index is 0.125. The highest BCUT2D eigenvalue weighted by atomic mass is 19.1. The van der Waals surface area contributed by atoms with Gasteiger partial charge in [0.2, 0.25) is 0 Å². The highest BCUT2D eigenvalue weighted by Crippen LogP contribution is 2.24. The van der Waals surface area contributed by atoms with E-state index in [1.54, 1.807) is 0 Å². The van der Waals surface area contributed by atoms with Gasteiger partial charge in [-0.1, -0.05) is 6.92 Å². The van der Waals surface area contributed by atoms with Gasteiger partial charge in [-0.2, -0.15) is 0 Å². The molecule has 0 saturated carbocycles. The molecule has 0 spiro atoms. The van der Waals surface area contributed by atoms with Crippen LogP contribution in [0.25, 0.3) is 0 Å². The quantitative estimate of drug-likeness (QED) is 0.843. The van der Waals surface area contributed by atoms with E-state index < -0.39 is 17.7 Å². The fourth-order valence-corrected chi connectivity index (χ4v) is 1.68. The third-order valence-corrected chi connectivity index (χ3v) is 2.63. The molecule has 0 aliphatic rings. The second-order valence-electron chi connectivity index (χ2n) is 4.11. The van der Waals surface area contributed by atoms with E-state index in [0.717, 1.165) is 12.1 Å². The molecule has 2 amide bonds. The smallest absolute Gasteiger partial charge is 0.322 e. The first-order valence-corrected chi connectivity index (χ1v) is 6.23. The lowest BCUT2D eigenvalue weighted by Gasteiger charge is -2.21. The van der Waals surface area contributed by atoms with Crippen molar-refractivity contribution in [3.8, 4) is 5.75 Å². The second-order valence-corrected chi connectivity index (χ2v) is 4.11. The number of ether oxygens (including phenoxy) is 1. The maximum absolute atomic E-state index is 13.7. The number of nitrogens with zero attached hydrogens (tertiary/aromatic N) is 1. The number of rotatable bonds is 6. The van der Waals surface area contributed by atoms with Crippen molar-refractivity contribution in [3.05, 3.63) is 23.8 Å². The van der Waals surface area contributed by atoms with Crippen LogP contribution in [0, 0.1) is 11.6 Å². The zero-order valence-electron chi connectivity index (χ0n) is 11.4. The van der Waals surface area contributed by atoms with Crippen LogP contribution in [0.15, 0.2) is 12.1 Å². The Bertz CT molecular complexity index is 463. The average Bonchev–Trinajstić information content (AvgIpc) is 2.42. The van der Waals surface area contributed by atoms with Gasteiger partial charge in [-0.25, -0.2) is 13.6 Å². The Labute approximate surface area is 116 Å². The van der Waals surface area contributed by atoms with Gasteiger partial charge in [0, 0.05) is 25.2 Å². The molecule has 0 saturated heterocycles. The van der Waals surface area contributed by atoms with Gasteiger partial charge in [0.1, 0.15) is 0 Å². The number of hydrogen-bond donors (Lipinski definition) is 2. The molecule has 0 aliphatic heterocycles. The molecule has 7 heteroatoms. The van der Waals surface area contributed by atoms with Crippen LogP contribution < -0.4 is 10.1 Å². The number of methoxy groups -OCH3 is 1. The van der Waals surface area contributed by atoms with Crippen molar-refractivity contribution in [1.82, 2.24) is 4.90 Å². The lowest BCUT2D eigenvalue weighted by molar-refractivity contribution is 0.188. The van der Waals surface area contributed by atoms with Crippen molar-refractivity contribution < 1.29 is 23.4 Å². The van der Waals surface area contributed by atoms with E-state index in [0.29, 0.717) is 13.0 Å². The summed E-state index contributed by atoms with van der Waals surface area (Å²) in [5, 5.41) is 11.2. The van der Waals surface area contributed by atoms with E-state index >= 15 is 0 Å². The first-order chi connectivity index (χ1) is 9.53. The van der Waals surface area contributed by atoms with Crippen molar-refractivity contribution in [3.63, 3.8) is 0 Å². The Morgan fingerprint density at radius 1 is 1.35 bits per heavy atom. The molecule has 1 rings (SSSR count). The fraction of sp³-hybridized carbons (Fsp3) is 0.462. The highest BCUT2D eigenvalue weighted by Gasteiger charge is 2.16. The van der Waals surface area contributed by atoms with Gasteiger partial charge in [-0.3, -0.25) is 0 Å². The molecule has 0 atom stereocenters. The molecule has 0 fully saturated rings. The molecule has 5 nitrogen and oxygen atoms in total. The summed E-state index contributed by atoms with van der Waals surface area (Å²) in [6.07, 6.45) is 0.687. The summed E-state index contributed by atoms with van der Waals surface area (Å²) in [4.78, 5) is 13.2. The van der Waals surface area contributed by atoms with E-state index in [-0.39, 0.29) is 24.6 Å². The monoisotopic (exact) mass is 288 g/mol. The average molecular weight is 288 g/mol. The van der Waals surface area contributed by atoms with Crippen LogP contribution >= 0.6 is 0 Å². The predicted octanol–water partition coefficient (Wildman–Crippen LogP) is 2.21. The summed E-state index contributed by atoms with van der Waals surface area (Å²) in [5.41, 5.74) is -0.271. The number of aliphatic hydroxyl groups is 1. The first kappa shape index (κ1) is 16.2. The minimum atomic E-state index is -0.794. The van der Waals surface area contributed by atoms with Crippen LogP contribution in [0.1, 0.15) is 13.3 Å². The number of carbonyl (C=O) groups excluding carboxylic acids is 1. The minimum Gasteiger partial charge on any atom is -0.494 e. The molecule has 0 aromatic heterocycles. The standard InChI is InChI=1S/C13H18F2N2O3/c1-3-4-17(5-6-18)13(19)16-11-7-10(15)12(20-2)8-9(11)14/h7-8,18H,3-6H2,1-2H3,(H,16,19). The number of amides is 2. The summed E-state index contributed by atoms with van der Waals surface area (Å²) in [6, 6.07) is 1.13. The van der Waals surface area contributed by atoms with Crippen LogP contribution in [-0.4, -0.2) is 42.8 Å². The number of anilines is 1. The zero-order valence-corrected chi connectivity index (χ0v) is 11.4. The molecule has 0 radical (unpaired) electrons. The SMILES string of the molecule is CCCN(CCO)C(=O)Nc1cc(F)c(OC)cc1F. The molecular weight excluding hydrogens is 270 g/mol. The van der Waals surface area contributed by atoms with Crippen LogP contribution in [0.4, 0.5) is 19.3 Å². The van der Waals surface area contributed by atoms with Crippen molar-refractivity contribution >= 4 is 11.7 Å². The number of nitrogens with one attached hydrogen (secondary N) is 1. The van der Waals surface area contributed by atoms with Gasteiger partial charge in [-0.15, -0.1) is 0 Å². The summed E-state index contributed by atoms with van der Waals surface area (Å²) in [5.74, 6) is -1.80. The summed E-state index contributed by atoms with van der Waals surface area (Å²) < 4.78 is 31.8. The molecule has 0 aliphatic carbocycles. The maximum Gasteiger partial charge on any atom is 0.322 e. The molecule has 0 bridgehead atoms. The number of halogens is 2. The van der Waals surface area contributed by atoms with E-state index in [1.165, 1.54) is 12.0 Å². The summed E-state index contributed by atoms with van der Waals surface area (Å²) >= 11 is 0. The number of urea groups is 1. The third kappa shape index (κ3) is 4.06. The van der Waals surface area contributed by atoms with E-state index in [1.807, 2.05) is 6.92 Å². The molecule has 1 aromatic rings. The summed E-state index contributed by atoms with van der Waals surface area (Å²) in [6.45, 7) is 2.20. The summed E-state index contributed by atoms with van der Waals surface area (Å²) in [7, 11) is 1.22. The van der Waals surface area contributed by atoms with Crippen molar-refractivity contribution in [1.29, 1.82) is 0 Å². The number of benzene rings is 1.